The monoisotopic (exact) mass is 316 g/mol. The van der Waals surface area contributed by atoms with E-state index in [4.69, 9.17) is 4.74 Å². The first kappa shape index (κ1) is 15.2. The van der Waals surface area contributed by atoms with Crippen LogP contribution in [0.5, 0.6) is 0 Å². The van der Waals surface area contributed by atoms with E-state index in [0.29, 0.717) is 24.8 Å². The number of amides is 1. The molecular formula is C13H21BrN2O2. The van der Waals surface area contributed by atoms with Crippen molar-refractivity contribution >= 4 is 21.8 Å². The van der Waals surface area contributed by atoms with Gasteiger partial charge in [-0.1, -0.05) is 13.8 Å². The van der Waals surface area contributed by atoms with Crippen LogP contribution in [0, 0.1) is 5.92 Å². The fourth-order valence-corrected chi connectivity index (χ4v) is 2.04. The molecule has 1 aromatic rings. The Labute approximate surface area is 117 Å². The summed E-state index contributed by atoms with van der Waals surface area (Å²) in [6.45, 7) is 8.81. The normalized spacial score (nSPS) is 10.9. The predicted octanol–water partition coefficient (Wildman–Crippen LogP) is 2.67. The molecule has 1 aromatic heterocycles. The molecule has 102 valence electrons. The van der Waals surface area contributed by atoms with Gasteiger partial charge in [-0.2, -0.15) is 0 Å². The zero-order chi connectivity index (χ0) is 13.5. The maximum absolute atomic E-state index is 11.9. The Hall–Kier alpha value is -0.810. The van der Waals surface area contributed by atoms with Gasteiger partial charge in [0.25, 0.3) is 5.91 Å². The Morgan fingerprint density at radius 2 is 2.28 bits per heavy atom. The van der Waals surface area contributed by atoms with Gasteiger partial charge in [-0.15, -0.1) is 0 Å². The molecule has 0 radical (unpaired) electrons. The van der Waals surface area contributed by atoms with Gasteiger partial charge in [-0.25, -0.2) is 0 Å². The van der Waals surface area contributed by atoms with Crippen LogP contribution in [0.15, 0.2) is 16.7 Å². The van der Waals surface area contributed by atoms with E-state index in [0.717, 1.165) is 17.6 Å². The number of aromatic nitrogens is 1. The number of hydrogen-bond acceptors (Lipinski definition) is 2. The number of hydrogen-bond donors (Lipinski definition) is 1. The van der Waals surface area contributed by atoms with Crippen LogP contribution in [0.25, 0.3) is 0 Å². The fraction of sp³-hybridized carbons (Fsp3) is 0.615. The van der Waals surface area contributed by atoms with Crippen molar-refractivity contribution in [2.75, 3.05) is 19.8 Å². The lowest BCUT2D eigenvalue weighted by Gasteiger charge is -2.09. The first-order valence-corrected chi connectivity index (χ1v) is 7.05. The molecule has 0 bridgehead atoms. The topological polar surface area (TPSA) is 43.3 Å². The molecule has 1 heterocycles. The van der Waals surface area contributed by atoms with Gasteiger partial charge < -0.3 is 14.6 Å². The lowest BCUT2D eigenvalue weighted by Crippen LogP contribution is -2.29. The molecule has 0 aliphatic carbocycles. The lowest BCUT2D eigenvalue weighted by molar-refractivity contribution is 0.0878. The summed E-state index contributed by atoms with van der Waals surface area (Å²) >= 11 is 3.38. The van der Waals surface area contributed by atoms with Crippen molar-refractivity contribution in [1.29, 1.82) is 0 Å². The minimum Gasteiger partial charge on any atom is -0.379 e. The van der Waals surface area contributed by atoms with Gasteiger partial charge in [0.05, 0.1) is 6.61 Å². The van der Waals surface area contributed by atoms with Gasteiger partial charge in [0.15, 0.2) is 0 Å². The van der Waals surface area contributed by atoms with E-state index in [9.17, 15) is 4.79 Å². The highest BCUT2D eigenvalue weighted by molar-refractivity contribution is 9.10. The van der Waals surface area contributed by atoms with Crippen LogP contribution in [0.3, 0.4) is 0 Å². The average Bonchev–Trinajstić information content (AvgIpc) is 2.69. The van der Waals surface area contributed by atoms with Gasteiger partial charge >= 0.3 is 0 Å². The highest BCUT2D eigenvalue weighted by Crippen LogP contribution is 2.14. The van der Waals surface area contributed by atoms with Crippen LogP contribution in [0.1, 0.15) is 31.3 Å². The van der Waals surface area contributed by atoms with E-state index in [2.05, 4.69) is 35.1 Å². The zero-order valence-electron chi connectivity index (χ0n) is 11.2. The molecule has 0 unspecified atom stereocenters. The van der Waals surface area contributed by atoms with Crippen LogP contribution in [0.2, 0.25) is 0 Å². The Morgan fingerprint density at radius 1 is 1.56 bits per heavy atom. The predicted molar refractivity (Wildman–Crippen MR) is 75.8 cm³/mol. The standard InChI is InChI=1S/C13H21BrN2O2/c1-4-16-8-11(14)7-12(16)13(17)15-5-6-18-9-10(2)3/h7-8,10H,4-6,9H2,1-3H3,(H,15,17). The van der Waals surface area contributed by atoms with Gasteiger partial charge in [0.2, 0.25) is 0 Å². The lowest BCUT2D eigenvalue weighted by atomic mass is 10.2. The Kier molecular flexibility index (Phi) is 6.43. The molecule has 0 atom stereocenters. The summed E-state index contributed by atoms with van der Waals surface area (Å²) in [6, 6.07) is 1.83. The second kappa shape index (κ2) is 7.59. The van der Waals surface area contributed by atoms with Crippen LogP contribution in [-0.4, -0.2) is 30.2 Å². The van der Waals surface area contributed by atoms with E-state index in [-0.39, 0.29) is 5.91 Å². The molecule has 0 aromatic carbocycles. The first-order chi connectivity index (χ1) is 8.54. The van der Waals surface area contributed by atoms with E-state index < -0.39 is 0 Å². The molecule has 0 saturated heterocycles. The largest absolute Gasteiger partial charge is 0.379 e. The number of rotatable bonds is 7. The molecule has 0 aliphatic heterocycles. The van der Waals surface area contributed by atoms with Crippen molar-refractivity contribution in [3.63, 3.8) is 0 Å². The maximum atomic E-state index is 11.9. The van der Waals surface area contributed by atoms with Crippen molar-refractivity contribution in [3.8, 4) is 0 Å². The van der Waals surface area contributed by atoms with Crippen molar-refractivity contribution < 1.29 is 9.53 Å². The summed E-state index contributed by atoms with van der Waals surface area (Å²) in [5, 5.41) is 2.86. The molecule has 5 heteroatoms. The Morgan fingerprint density at radius 3 is 2.89 bits per heavy atom. The number of nitrogens with zero attached hydrogens (tertiary/aromatic N) is 1. The van der Waals surface area contributed by atoms with Crippen molar-refractivity contribution in [3.05, 3.63) is 22.4 Å². The van der Waals surface area contributed by atoms with Crippen LogP contribution in [-0.2, 0) is 11.3 Å². The molecule has 0 spiro atoms. The molecule has 1 amide bonds. The SMILES string of the molecule is CCn1cc(Br)cc1C(=O)NCCOCC(C)C. The average molecular weight is 317 g/mol. The molecule has 0 aliphatic rings. The summed E-state index contributed by atoms with van der Waals surface area (Å²) in [5.74, 6) is 0.463. The van der Waals surface area contributed by atoms with Crippen molar-refractivity contribution in [2.45, 2.75) is 27.3 Å². The summed E-state index contributed by atoms with van der Waals surface area (Å²) in [7, 11) is 0. The molecule has 4 nitrogen and oxygen atoms in total. The van der Waals surface area contributed by atoms with Crippen LogP contribution < -0.4 is 5.32 Å². The number of ether oxygens (including phenoxy) is 1. The maximum Gasteiger partial charge on any atom is 0.268 e. The zero-order valence-corrected chi connectivity index (χ0v) is 12.8. The number of halogens is 1. The summed E-state index contributed by atoms with van der Waals surface area (Å²) < 4.78 is 8.25. The molecule has 18 heavy (non-hydrogen) atoms. The minimum atomic E-state index is -0.0595. The minimum absolute atomic E-state index is 0.0595. The highest BCUT2D eigenvalue weighted by Gasteiger charge is 2.11. The van der Waals surface area contributed by atoms with Gasteiger partial charge in [-0.05, 0) is 34.8 Å². The summed E-state index contributed by atoms with van der Waals surface area (Å²) in [4.78, 5) is 11.9. The third-order valence-electron chi connectivity index (χ3n) is 2.42. The third kappa shape index (κ3) is 4.82. The molecule has 0 fully saturated rings. The highest BCUT2D eigenvalue weighted by atomic mass is 79.9. The second-order valence-corrected chi connectivity index (χ2v) is 5.47. The van der Waals surface area contributed by atoms with Crippen molar-refractivity contribution in [2.24, 2.45) is 5.92 Å². The molecular weight excluding hydrogens is 296 g/mol. The Balaban J connectivity index is 2.36. The Bertz CT molecular complexity index is 388. The van der Waals surface area contributed by atoms with Crippen LogP contribution >= 0.6 is 15.9 Å². The van der Waals surface area contributed by atoms with Gasteiger partial charge in [-0.3, -0.25) is 4.79 Å². The number of aryl methyl sites for hydroxylation is 1. The first-order valence-electron chi connectivity index (χ1n) is 6.26. The smallest absolute Gasteiger partial charge is 0.268 e. The second-order valence-electron chi connectivity index (χ2n) is 4.55. The number of carbonyl (C=O) groups is 1. The number of nitrogens with one attached hydrogen (secondary N) is 1. The molecule has 1 rings (SSSR count). The van der Waals surface area contributed by atoms with E-state index in [1.54, 1.807) is 0 Å². The third-order valence-corrected chi connectivity index (χ3v) is 2.85. The molecule has 0 saturated carbocycles. The molecule has 1 N–H and O–H groups in total. The number of carbonyl (C=O) groups excluding carboxylic acids is 1. The summed E-state index contributed by atoms with van der Waals surface area (Å²) in [6.07, 6.45) is 1.91. The van der Waals surface area contributed by atoms with Crippen LogP contribution in [0.4, 0.5) is 0 Å². The van der Waals surface area contributed by atoms with Gasteiger partial charge in [0.1, 0.15) is 5.69 Å². The van der Waals surface area contributed by atoms with E-state index >= 15 is 0 Å². The van der Waals surface area contributed by atoms with E-state index in [1.807, 2.05) is 23.8 Å². The van der Waals surface area contributed by atoms with E-state index in [1.165, 1.54) is 0 Å². The quantitative estimate of drug-likeness (QED) is 0.786. The summed E-state index contributed by atoms with van der Waals surface area (Å²) in [5.41, 5.74) is 0.674. The van der Waals surface area contributed by atoms with Crippen molar-refractivity contribution in [1.82, 2.24) is 9.88 Å². The fourth-order valence-electron chi connectivity index (χ4n) is 1.57. The van der Waals surface area contributed by atoms with Gasteiger partial charge in [0, 0.05) is 30.4 Å².